The third-order valence-corrected chi connectivity index (χ3v) is 2.43. The second-order valence-electron chi connectivity index (χ2n) is 3.81. The Morgan fingerprint density at radius 2 is 2.33 bits per heavy atom. The number of carbonyl (C=O) groups is 2. The fourth-order valence-electron chi connectivity index (χ4n) is 1.57. The molecule has 0 radical (unpaired) electrons. The van der Waals surface area contributed by atoms with Gasteiger partial charge in [0.1, 0.15) is 5.75 Å². The van der Waals surface area contributed by atoms with Crippen molar-refractivity contribution in [1.82, 2.24) is 0 Å². The zero-order valence-corrected chi connectivity index (χ0v) is 10.1. The van der Waals surface area contributed by atoms with E-state index in [0.29, 0.717) is 23.7 Å². The lowest BCUT2D eigenvalue weighted by Gasteiger charge is -2.23. The van der Waals surface area contributed by atoms with Gasteiger partial charge in [0, 0.05) is 5.69 Å². The van der Waals surface area contributed by atoms with E-state index in [0.717, 1.165) is 0 Å². The highest BCUT2D eigenvalue weighted by Crippen LogP contribution is 2.32. The van der Waals surface area contributed by atoms with E-state index in [2.05, 4.69) is 10.6 Å². The number of amides is 2. The molecule has 0 bridgehead atoms. The van der Waals surface area contributed by atoms with E-state index < -0.39 is 12.2 Å². The maximum absolute atomic E-state index is 11.4. The third kappa shape index (κ3) is 2.53. The van der Waals surface area contributed by atoms with Crippen molar-refractivity contribution >= 4 is 23.4 Å². The normalized spacial score (nSPS) is 17.2. The molecule has 1 aliphatic rings. The fourth-order valence-corrected chi connectivity index (χ4v) is 1.57. The van der Waals surface area contributed by atoms with Crippen LogP contribution in [-0.4, -0.2) is 24.7 Å². The van der Waals surface area contributed by atoms with E-state index in [1.807, 2.05) is 0 Å². The Kier molecular flexibility index (Phi) is 3.36. The number of ether oxygens (including phenoxy) is 2. The minimum Gasteiger partial charge on any atom is -0.479 e. The van der Waals surface area contributed by atoms with Gasteiger partial charge in [-0.1, -0.05) is 0 Å². The molecule has 0 aliphatic carbocycles. The molecule has 0 fully saturated rings. The van der Waals surface area contributed by atoms with Crippen molar-refractivity contribution in [2.75, 3.05) is 17.2 Å². The smallest absolute Gasteiger partial charge is 0.411 e. The van der Waals surface area contributed by atoms with Crippen LogP contribution in [0.3, 0.4) is 0 Å². The van der Waals surface area contributed by atoms with E-state index in [1.54, 1.807) is 32.0 Å². The van der Waals surface area contributed by atoms with Gasteiger partial charge in [-0.2, -0.15) is 0 Å². The standard InChI is InChI=1S/C12H14N2O4/c1-3-17-12(16)13-8-4-5-10-9(6-8)14-11(15)7(2)18-10/h4-7H,3H2,1-2H3,(H,13,16)(H,14,15)/t7-/m1/s1. The van der Waals surface area contributed by atoms with Crippen LogP contribution in [0.25, 0.3) is 0 Å². The van der Waals surface area contributed by atoms with E-state index >= 15 is 0 Å². The highest BCUT2D eigenvalue weighted by atomic mass is 16.5. The van der Waals surface area contributed by atoms with Crippen LogP contribution in [0.4, 0.5) is 16.2 Å². The summed E-state index contributed by atoms with van der Waals surface area (Å²) in [5.41, 5.74) is 1.07. The van der Waals surface area contributed by atoms with Crippen molar-refractivity contribution < 1.29 is 19.1 Å². The number of anilines is 2. The Morgan fingerprint density at radius 1 is 1.56 bits per heavy atom. The molecule has 0 saturated heterocycles. The Morgan fingerprint density at radius 3 is 3.06 bits per heavy atom. The highest BCUT2D eigenvalue weighted by molar-refractivity contribution is 5.98. The predicted molar refractivity (Wildman–Crippen MR) is 65.8 cm³/mol. The zero-order valence-electron chi connectivity index (χ0n) is 10.1. The highest BCUT2D eigenvalue weighted by Gasteiger charge is 2.23. The second-order valence-corrected chi connectivity index (χ2v) is 3.81. The van der Waals surface area contributed by atoms with Crippen LogP contribution in [0.15, 0.2) is 18.2 Å². The van der Waals surface area contributed by atoms with E-state index in [1.165, 1.54) is 0 Å². The first-order valence-electron chi connectivity index (χ1n) is 5.65. The molecule has 18 heavy (non-hydrogen) atoms. The Labute approximate surface area is 104 Å². The molecule has 2 amide bonds. The fraction of sp³-hybridized carbons (Fsp3) is 0.333. The first-order chi connectivity index (χ1) is 8.60. The average Bonchev–Trinajstić information content (AvgIpc) is 2.31. The maximum atomic E-state index is 11.4. The topological polar surface area (TPSA) is 76.7 Å². The first-order valence-corrected chi connectivity index (χ1v) is 5.65. The molecular formula is C12H14N2O4. The van der Waals surface area contributed by atoms with Crippen molar-refractivity contribution in [3.8, 4) is 5.75 Å². The molecule has 0 unspecified atom stereocenters. The van der Waals surface area contributed by atoms with Gasteiger partial charge in [0.25, 0.3) is 5.91 Å². The molecule has 0 spiro atoms. The average molecular weight is 250 g/mol. The van der Waals surface area contributed by atoms with Gasteiger partial charge in [0.2, 0.25) is 0 Å². The van der Waals surface area contributed by atoms with Gasteiger partial charge in [-0.3, -0.25) is 10.1 Å². The Hall–Kier alpha value is -2.24. The van der Waals surface area contributed by atoms with Crippen LogP contribution in [0, 0.1) is 0 Å². The molecule has 1 aliphatic heterocycles. The summed E-state index contributed by atoms with van der Waals surface area (Å²) in [5, 5.41) is 5.25. The molecule has 1 atom stereocenters. The van der Waals surface area contributed by atoms with Crippen LogP contribution >= 0.6 is 0 Å². The molecule has 2 N–H and O–H groups in total. The minimum atomic E-state index is -0.533. The number of rotatable bonds is 2. The van der Waals surface area contributed by atoms with E-state index in [-0.39, 0.29) is 5.91 Å². The Bertz CT molecular complexity index is 487. The zero-order chi connectivity index (χ0) is 13.1. The van der Waals surface area contributed by atoms with Crippen LogP contribution in [0.2, 0.25) is 0 Å². The molecular weight excluding hydrogens is 236 g/mol. The number of hydrogen-bond acceptors (Lipinski definition) is 4. The summed E-state index contributed by atoms with van der Waals surface area (Å²) in [6.45, 7) is 3.69. The lowest BCUT2D eigenvalue weighted by Crippen LogP contribution is -2.34. The first kappa shape index (κ1) is 12.2. The van der Waals surface area contributed by atoms with E-state index in [4.69, 9.17) is 9.47 Å². The number of benzene rings is 1. The molecule has 0 aromatic heterocycles. The van der Waals surface area contributed by atoms with Gasteiger partial charge in [-0.15, -0.1) is 0 Å². The second kappa shape index (κ2) is 4.95. The van der Waals surface area contributed by atoms with Crippen molar-refractivity contribution in [3.63, 3.8) is 0 Å². The summed E-state index contributed by atoms with van der Waals surface area (Å²) in [6, 6.07) is 4.99. The van der Waals surface area contributed by atoms with Crippen molar-refractivity contribution in [2.45, 2.75) is 20.0 Å². The van der Waals surface area contributed by atoms with E-state index in [9.17, 15) is 9.59 Å². The number of fused-ring (bicyclic) bond motifs is 1. The lowest BCUT2D eigenvalue weighted by atomic mass is 10.2. The van der Waals surface area contributed by atoms with Crippen LogP contribution in [0.5, 0.6) is 5.75 Å². The molecule has 6 heteroatoms. The molecule has 0 saturated carbocycles. The summed E-state index contributed by atoms with van der Waals surface area (Å²) >= 11 is 0. The summed E-state index contributed by atoms with van der Waals surface area (Å²) in [4.78, 5) is 22.7. The lowest BCUT2D eigenvalue weighted by molar-refractivity contribution is -0.122. The maximum Gasteiger partial charge on any atom is 0.411 e. The van der Waals surface area contributed by atoms with Crippen LogP contribution in [-0.2, 0) is 9.53 Å². The number of nitrogens with one attached hydrogen (secondary N) is 2. The summed E-state index contributed by atoms with van der Waals surface area (Å²) in [6.07, 6.45) is -1.05. The van der Waals surface area contributed by atoms with Crippen LogP contribution < -0.4 is 15.4 Å². The van der Waals surface area contributed by atoms with Crippen molar-refractivity contribution in [1.29, 1.82) is 0 Å². The molecule has 2 rings (SSSR count). The third-order valence-electron chi connectivity index (χ3n) is 2.43. The molecule has 96 valence electrons. The summed E-state index contributed by atoms with van der Waals surface area (Å²) in [5.74, 6) is 0.368. The minimum absolute atomic E-state index is 0.212. The van der Waals surface area contributed by atoms with Gasteiger partial charge in [-0.05, 0) is 32.0 Å². The molecule has 6 nitrogen and oxygen atoms in total. The van der Waals surface area contributed by atoms with Crippen LogP contribution in [0.1, 0.15) is 13.8 Å². The van der Waals surface area contributed by atoms with Crippen molar-refractivity contribution in [2.24, 2.45) is 0 Å². The van der Waals surface area contributed by atoms with Gasteiger partial charge < -0.3 is 14.8 Å². The Balaban J connectivity index is 2.15. The summed E-state index contributed by atoms with van der Waals surface area (Å²) in [7, 11) is 0. The van der Waals surface area contributed by atoms with Gasteiger partial charge in [-0.25, -0.2) is 4.79 Å². The predicted octanol–water partition coefficient (Wildman–Crippen LogP) is 1.97. The van der Waals surface area contributed by atoms with Gasteiger partial charge in [0.15, 0.2) is 6.10 Å². The largest absolute Gasteiger partial charge is 0.479 e. The molecule has 1 aromatic carbocycles. The monoisotopic (exact) mass is 250 g/mol. The van der Waals surface area contributed by atoms with Crippen molar-refractivity contribution in [3.05, 3.63) is 18.2 Å². The van der Waals surface area contributed by atoms with Gasteiger partial charge in [0.05, 0.1) is 12.3 Å². The number of hydrogen-bond donors (Lipinski definition) is 2. The SMILES string of the molecule is CCOC(=O)Nc1ccc2c(c1)NC(=O)[C@@H](C)O2. The quantitative estimate of drug-likeness (QED) is 0.841. The summed E-state index contributed by atoms with van der Waals surface area (Å²) < 4.78 is 10.2. The van der Waals surface area contributed by atoms with Gasteiger partial charge >= 0.3 is 6.09 Å². The number of carbonyl (C=O) groups excluding carboxylic acids is 2. The molecule has 1 aromatic rings. The molecule has 1 heterocycles.